The molecule has 2 aromatic carbocycles. The van der Waals surface area contributed by atoms with Crippen LogP contribution < -0.4 is 15.6 Å². The third-order valence-corrected chi connectivity index (χ3v) is 3.86. The quantitative estimate of drug-likeness (QED) is 0.591. The number of nitrogens with one attached hydrogen (secondary N) is 2. The van der Waals surface area contributed by atoms with Gasteiger partial charge in [-0.2, -0.15) is 0 Å². The highest BCUT2D eigenvalue weighted by atomic mass is 79.9. The summed E-state index contributed by atoms with van der Waals surface area (Å²) in [6.45, 7) is 1.45. The van der Waals surface area contributed by atoms with Crippen molar-refractivity contribution in [2.75, 3.05) is 0 Å². The highest BCUT2D eigenvalue weighted by molar-refractivity contribution is 9.10. The number of benzene rings is 2. The van der Waals surface area contributed by atoms with Gasteiger partial charge in [0.05, 0.1) is 0 Å². The molecule has 0 fully saturated rings. The molecule has 0 aliphatic heterocycles. The van der Waals surface area contributed by atoms with Crippen molar-refractivity contribution >= 4 is 33.8 Å². The molecule has 2 N–H and O–H groups in total. The van der Waals surface area contributed by atoms with Gasteiger partial charge in [0, 0.05) is 10.5 Å². The van der Waals surface area contributed by atoms with Crippen LogP contribution in [0.2, 0.25) is 0 Å². The summed E-state index contributed by atoms with van der Waals surface area (Å²) in [4.78, 5) is 23.6. The van der Waals surface area contributed by atoms with Crippen molar-refractivity contribution in [1.29, 1.82) is 0 Å². The second kappa shape index (κ2) is 8.98. The van der Waals surface area contributed by atoms with Crippen LogP contribution in [0.25, 0.3) is 6.08 Å². The largest absolute Gasteiger partial charge is 0.478 e. The molecule has 5 nitrogen and oxygen atoms in total. The lowest BCUT2D eigenvalue weighted by atomic mass is 10.2. The lowest BCUT2D eigenvalue weighted by molar-refractivity contribution is -0.131. The Hall–Kier alpha value is -2.67. The molecule has 0 saturated carbocycles. The van der Waals surface area contributed by atoms with Crippen molar-refractivity contribution in [2.24, 2.45) is 0 Å². The van der Waals surface area contributed by atoms with Gasteiger partial charge < -0.3 is 4.74 Å². The Morgan fingerprint density at radius 1 is 1.12 bits per heavy atom. The smallest absolute Gasteiger partial charge is 0.279 e. The van der Waals surface area contributed by atoms with Crippen LogP contribution in [0.5, 0.6) is 5.75 Å². The topological polar surface area (TPSA) is 67.4 Å². The minimum Gasteiger partial charge on any atom is -0.478 e. The standard InChI is InChI=1S/C18H16BrFN2O3/c1-12(25-16-9-5-4-8-15(16)20)18(24)22-21-17(23)11-10-13-6-2-3-7-14(13)19/h2-12H,1H3,(H,21,23)(H,22,24)/b11-10+. The Balaban J connectivity index is 1.83. The van der Waals surface area contributed by atoms with Gasteiger partial charge >= 0.3 is 0 Å². The molecule has 1 unspecified atom stereocenters. The van der Waals surface area contributed by atoms with Gasteiger partial charge in [0.1, 0.15) is 0 Å². The van der Waals surface area contributed by atoms with Gasteiger partial charge in [-0.15, -0.1) is 0 Å². The summed E-state index contributed by atoms with van der Waals surface area (Å²) in [7, 11) is 0. The molecule has 130 valence electrons. The summed E-state index contributed by atoms with van der Waals surface area (Å²) in [6, 6.07) is 13.1. The maximum atomic E-state index is 13.5. The van der Waals surface area contributed by atoms with Crippen molar-refractivity contribution in [3.8, 4) is 5.75 Å². The van der Waals surface area contributed by atoms with Crippen LogP contribution in [0.3, 0.4) is 0 Å². The summed E-state index contributed by atoms with van der Waals surface area (Å²) >= 11 is 3.37. The van der Waals surface area contributed by atoms with Crippen LogP contribution in [-0.4, -0.2) is 17.9 Å². The summed E-state index contributed by atoms with van der Waals surface area (Å²) < 4.78 is 19.5. The predicted molar refractivity (Wildman–Crippen MR) is 96.0 cm³/mol. The van der Waals surface area contributed by atoms with E-state index in [1.54, 1.807) is 12.1 Å². The lowest BCUT2D eigenvalue weighted by Gasteiger charge is -2.15. The maximum Gasteiger partial charge on any atom is 0.279 e. The molecule has 0 aliphatic carbocycles. The summed E-state index contributed by atoms with van der Waals surface area (Å²) in [5.41, 5.74) is 5.28. The van der Waals surface area contributed by atoms with E-state index in [4.69, 9.17) is 4.74 Å². The van der Waals surface area contributed by atoms with Gasteiger partial charge in [0.25, 0.3) is 11.8 Å². The number of ether oxygens (including phenoxy) is 1. The first-order chi connectivity index (χ1) is 12.0. The average molecular weight is 407 g/mol. The van der Waals surface area contributed by atoms with E-state index < -0.39 is 23.7 Å². The third-order valence-electron chi connectivity index (χ3n) is 3.14. The number of carbonyl (C=O) groups excluding carboxylic acids is 2. The molecule has 7 heteroatoms. The minimum atomic E-state index is -0.982. The van der Waals surface area contributed by atoms with E-state index in [0.717, 1.165) is 10.0 Å². The second-order valence-electron chi connectivity index (χ2n) is 5.02. The third kappa shape index (κ3) is 5.72. The molecule has 0 aromatic heterocycles. The molecule has 0 bridgehead atoms. The van der Waals surface area contributed by atoms with E-state index in [0.29, 0.717) is 0 Å². The van der Waals surface area contributed by atoms with E-state index >= 15 is 0 Å². The van der Waals surface area contributed by atoms with E-state index in [1.807, 2.05) is 24.3 Å². The number of rotatable bonds is 5. The van der Waals surface area contributed by atoms with Crippen LogP contribution in [-0.2, 0) is 9.59 Å². The van der Waals surface area contributed by atoms with Crippen LogP contribution >= 0.6 is 15.9 Å². The molecule has 0 heterocycles. The highest BCUT2D eigenvalue weighted by Gasteiger charge is 2.16. The normalized spacial score (nSPS) is 11.8. The Morgan fingerprint density at radius 2 is 1.80 bits per heavy atom. The molecule has 25 heavy (non-hydrogen) atoms. The number of hydrogen-bond donors (Lipinski definition) is 2. The fraction of sp³-hybridized carbons (Fsp3) is 0.111. The number of hydrazine groups is 1. The number of para-hydroxylation sites is 1. The van der Waals surface area contributed by atoms with E-state index in [9.17, 15) is 14.0 Å². The Kier molecular flexibility index (Phi) is 6.71. The van der Waals surface area contributed by atoms with Crippen molar-refractivity contribution < 1.29 is 18.7 Å². The number of carbonyl (C=O) groups is 2. The maximum absolute atomic E-state index is 13.5. The fourth-order valence-electron chi connectivity index (χ4n) is 1.83. The zero-order valence-electron chi connectivity index (χ0n) is 13.3. The van der Waals surface area contributed by atoms with Crippen molar-refractivity contribution in [3.63, 3.8) is 0 Å². The van der Waals surface area contributed by atoms with E-state index in [1.165, 1.54) is 31.2 Å². The molecule has 0 spiro atoms. The highest BCUT2D eigenvalue weighted by Crippen LogP contribution is 2.17. The lowest BCUT2D eigenvalue weighted by Crippen LogP contribution is -2.46. The monoisotopic (exact) mass is 406 g/mol. The molecule has 0 aliphatic rings. The first kappa shape index (κ1) is 18.7. The van der Waals surface area contributed by atoms with E-state index in [-0.39, 0.29) is 5.75 Å². The summed E-state index contributed by atoms with van der Waals surface area (Å²) in [6.07, 6.45) is 1.90. The number of amides is 2. The molecular weight excluding hydrogens is 391 g/mol. The number of hydrogen-bond acceptors (Lipinski definition) is 3. The van der Waals surface area contributed by atoms with E-state index in [2.05, 4.69) is 26.8 Å². The molecular formula is C18H16BrFN2O3. The van der Waals surface area contributed by atoms with Crippen LogP contribution in [0.15, 0.2) is 59.1 Å². The average Bonchev–Trinajstić information content (AvgIpc) is 2.60. The second-order valence-corrected chi connectivity index (χ2v) is 5.88. The fourth-order valence-corrected chi connectivity index (χ4v) is 2.24. The molecule has 1 atom stereocenters. The predicted octanol–water partition coefficient (Wildman–Crippen LogP) is 3.22. The first-order valence-corrected chi connectivity index (χ1v) is 8.20. The SMILES string of the molecule is CC(Oc1ccccc1F)C(=O)NNC(=O)/C=C/c1ccccc1Br. The summed E-state index contributed by atoms with van der Waals surface area (Å²) in [5.74, 6) is -1.72. The molecule has 2 amide bonds. The minimum absolute atomic E-state index is 0.0368. The Bertz CT molecular complexity index is 795. The van der Waals surface area contributed by atoms with Crippen molar-refractivity contribution in [2.45, 2.75) is 13.0 Å². The van der Waals surface area contributed by atoms with Gasteiger partial charge in [0.2, 0.25) is 0 Å². The summed E-state index contributed by atoms with van der Waals surface area (Å²) in [5, 5.41) is 0. The molecule has 0 saturated heterocycles. The van der Waals surface area contributed by atoms with Gasteiger partial charge in [-0.25, -0.2) is 4.39 Å². The zero-order chi connectivity index (χ0) is 18.2. The molecule has 2 rings (SSSR count). The molecule has 2 aromatic rings. The molecule has 0 radical (unpaired) electrons. The first-order valence-electron chi connectivity index (χ1n) is 7.41. The van der Waals surface area contributed by atoms with Crippen molar-refractivity contribution in [1.82, 2.24) is 10.9 Å². The van der Waals surface area contributed by atoms with Gasteiger partial charge in [-0.1, -0.05) is 46.3 Å². The van der Waals surface area contributed by atoms with Crippen LogP contribution in [0.1, 0.15) is 12.5 Å². The zero-order valence-corrected chi connectivity index (χ0v) is 14.9. The van der Waals surface area contributed by atoms with Crippen molar-refractivity contribution in [3.05, 3.63) is 70.5 Å². The van der Waals surface area contributed by atoms with Gasteiger partial charge in [0.15, 0.2) is 17.7 Å². The van der Waals surface area contributed by atoms with Crippen LogP contribution in [0.4, 0.5) is 4.39 Å². The van der Waals surface area contributed by atoms with Gasteiger partial charge in [-0.05, 0) is 36.8 Å². The van der Waals surface area contributed by atoms with Gasteiger partial charge in [-0.3, -0.25) is 20.4 Å². The Labute approximate surface area is 153 Å². The van der Waals surface area contributed by atoms with Crippen LogP contribution in [0, 0.1) is 5.82 Å². The number of halogens is 2. The Morgan fingerprint density at radius 3 is 2.52 bits per heavy atom.